The third-order valence-corrected chi connectivity index (χ3v) is 2.46. The Balaban J connectivity index is 2.49. The maximum atomic E-state index is 13.0. The van der Waals surface area contributed by atoms with E-state index in [0.29, 0.717) is 5.56 Å². The fourth-order valence-electron chi connectivity index (χ4n) is 1.51. The Labute approximate surface area is 107 Å². The van der Waals surface area contributed by atoms with E-state index < -0.39 is 30.5 Å². The van der Waals surface area contributed by atoms with Gasteiger partial charge in [0.25, 0.3) is 0 Å². The minimum absolute atomic E-state index is 0.172. The van der Waals surface area contributed by atoms with Gasteiger partial charge in [-0.1, -0.05) is 6.07 Å². The van der Waals surface area contributed by atoms with Gasteiger partial charge in [0.15, 0.2) is 11.6 Å². The number of halogens is 5. The SMILES string of the molecule is CNC(COCC(F)(F)F)Cc1ccc(F)c(F)c1. The molecule has 108 valence electrons. The number of benzene rings is 1. The van der Waals surface area contributed by atoms with Crippen molar-refractivity contribution in [2.24, 2.45) is 0 Å². The first-order chi connectivity index (χ1) is 8.81. The molecule has 0 aliphatic carbocycles. The maximum absolute atomic E-state index is 13.0. The van der Waals surface area contributed by atoms with Crippen LogP contribution in [0.3, 0.4) is 0 Å². The summed E-state index contributed by atoms with van der Waals surface area (Å²) in [6.45, 7) is -1.50. The van der Waals surface area contributed by atoms with Crippen LogP contribution in [0.15, 0.2) is 18.2 Å². The van der Waals surface area contributed by atoms with Crippen molar-refractivity contribution in [1.29, 1.82) is 0 Å². The number of hydrogen-bond acceptors (Lipinski definition) is 2. The van der Waals surface area contributed by atoms with Crippen molar-refractivity contribution < 1.29 is 26.7 Å². The molecule has 1 rings (SSSR count). The van der Waals surface area contributed by atoms with E-state index in [2.05, 4.69) is 10.1 Å². The molecule has 0 spiro atoms. The van der Waals surface area contributed by atoms with Crippen molar-refractivity contribution in [3.05, 3.63) is 35.4 Å². The highest BCUT2D eigenvalue weighted by Crippen LogP contribution is 2.15. The molecule has 1 unspecified atom stereocenters. The summed E-state index contributed by atoms with van der Waals surface area (Å²) in [6, 6.07) is 2.97. The Morgan fingerprint density at radius 2 is 1.89 bits per heavy atom. The van der Waals surface area contributed by atoms with Gasteiger partial charge in [0.2, 0.25) is 0 Å². The number of nitrogens with one attached hydrogen (secondary N) is 1. The van der Waals surface area contributed by atoms with E-state index >= 15 is 0 Å². The average Bonchev–Trinajstić information content (AvgIpc) is 2.31. The molecule has 7 heteroatoms. The van der Waals surface area contributed by atoms with Crippen LogP contribution in [0, 0.1) is 11.6 Å². The van der Waals surface area contributed by atoms with Gasteiger partial charge in [-0.2, -0.15) is 13.2 Å². The zero-order chi connectivity index (χ0) is 14.5. The molecule has 0 aliphatic heterocycles. The lowest BCUT2D eigenvalue weighted by molar-refractivity contribution is -0.175. The zero-order valence-electron chi connectivity index (χ0n) is 10.2. The van der Waals surface area contributed by atoms with E-state index in [9.17, 15) is 22.0 Å². The largest absolute Gasteiger partial charge is 0.411 e. The first kappa shape index (κ1) is 15.8. The maximum Gasteiger partial charge on any atom is 0.411 e. The second-order valence-corrected chi connectivity index (χ2v) is 4.07. The lowest BCUT2D eigenvalue weighted by Gasteiger charge is -2.17. The first-order valence-electron chi connectivity index (χ1n) is 5.57. The third-order valence-electron chi connectivity index (χ3n) is 2.46. The quantitative estimate of drug-likeness (QED) is 0.810. The molecular weight excluding hydrogens is 269 g/mol. The van der Waals surface area contributed by atoms with Crippen LogP contribution in [0.1, 0.15) is 5.56 Å². The predicted molar refractivity (Wildman–Crippen MR) is 59.8 cm³/mol. The monoisotopic (exact) mass is 283 g/mol. The highest BCUT2D eigenvalue weighted by molar-refractivity contribution is 5.18. The van der Waals surface area contributed by atoms with Gasteiger partial charge in [0.1, 0.15) is 6.61 Å². The van der Waals surface area contributed by atoms with Crippen LogP contribution >= 0.6 is 0 Å². The van der Waals surface area contributed by atoms with Crippen molar-refractivity contribution >= 4 is 0 Å². The van der Waals surface area contributed by atoms with Crippen LogP contribution < -0.4 is 5.32 Å². The van der Waals surface area contributed by atoms with E-state index in [1.165, 1.54) is 6.07 Å². The number of rotatable bonds is 6. The molecule has 1 N–H and O–H groups in total. The van der Waals surface area contributed by atoms with Crippen LogP contribution in [0.25, 0.3) is 0 Å². The zero-order valence-corrected chi connectivity index (χ0v) is 10.2. The standard InChI is InChI=1S/C12H14F5NO/c1-18-9(6-19-7-12(15,16)17)4-8-2-3-10(13)11(14)5-8/h2-3,5,9,18H,4,6-7H2,1H3. The van der Waals surface area contributed by atoms with Crippen LogP contribution in [-0.4, -0.2) is 32.5 Å². The summed E-state index contributed by atoms with van der Waals surface area (Å²) in [6.07, 6.45) is -4.13. The van der Waals surface area contributed by atoms with Crippen molar-refractivity contribution in [2.75, 3.05) is 20.3 Å². The second-order valence-electron chi connectivity index (χ2n) is 4.07. The first-order valence-corrected chi connectivity index (χ1v) is 5.57. The van der Waals surface area contributed by atoms with E-state index in [1.54, 1.807) is 7.05 Å². The molecule has 0 saturated carbocycles. The molecular formula is C12H14F5NO. The predicted octanol–water partition coefficient (Wildman–Crippen LogP) is 2.67. The Morgan fingerprint density at radius 1 is 1.21 bits per heavy atom. The van der Waals surface area contributed by atoms with Crippen LogP contribution in [-0.2, 0) is 11.2 Å². The molecule has 0 fully saturated rings. The molecule has 0 bridgehead atoms. The number of ether oxygens (including phenoxy) is 1. The van der Waals surface area contributed by atoms with Crippen LogP contribution in [0.4, 0.5) is 22.0 Å². The minimum Gasteiger partial charge on any atom is -0.370 e. The van der Waals surface area contributed by atoms with Crippen molar-refractivity contribution in [3.8, 4) is 0 Å². The fourth-order valence-corrected chi connectivity index (χ4v) is 1.51. The van der Waals surface area contributed by atoms with Gasteiger partial charge < -0.3 is 10.1 Å². The lowest BCUT2D eigenvalue weighted by atomic mass is 10.1. The van der Waals surface area contributed by atoms with Crippen molar-refractivity contribution in [1.82, 2.24) is 5.32 Å². The minimum atomic E-state index is -4.37. The average molecular weight is 283 g/mol. The third kappa shape index (κ3) is 5.98. The second kappa shape index (κ2) is 6.81. The molecule has 19 heavy (non-hydrogen) atoms. The normalized spacial score (nSPS) is 13.6. The smallest absolute Gasteiger partial charge is 0.370 e. The van der Waals surface area contributed by atoms with Gasteiger partial charge in [-0.3, -0.25) is 0 Å². The van der Waals surface area contributed by atoms with E-state index in [-0.39, 0.29) is 13.0 Å². The molecule has 2 nitrogen and oxygen atoms in total. The fraction of sp³-hybridized carbons (Fsp3) is 0.500. The summed E-state index contributed by atoms with van der Waals surface area (Å²) in [5.41, 5.74) is 0.480. The highest BCUT2D eigenvalue weighted by Gasteiger charge is 2.27. The molecule has 1 aromatic carbocycles. The van der Waals surface area contributed by atoms with Gasteiger partial charge in [-0.25, -0.2) is 8.78 Å². The number of likely N-dealkylation sites (N-methyl/N-ethyl adjacent to an activating group) is 1. The number of hydrogen-bond donors (Lipinski definition) is 1. The molecule has 0 saturated heterocycles. The summed E-state index contributed by atoms with van der Waals surface area (Å²) in [7, 11) is 1.56. The summed E-state index contributed by atoms with van der Waals surface area (Å²) >= 11 is 0. The van der Waals surface area contributed by atoms with Gasteiger partial charge in [0.05, 0.1) is 6.61 Å². The van der Waals surface area contributed by atoms with Crippen LogP contribution in [0.5, 0.6) is 0 Å². The molecule has 0 aromatic heterocycles. The van der Waals surface area contributed by atoms with E-state index in [1.807, 2.05) is 0 Å². The van der Waals surface area contributed by atoms with Gasteiger partial charge in [-0.15, -0.1) is 0 Å². The molecule has 0 radical (unpaired) electrons. The molecule has 0 amide bonds. The lowest BCUT2D eigenvalue weighted by Crippen LogP contribution is -2.34. The van der Waals surface area contributed by atoms with Gasteiger partial charge >= 0.3 is 6.18 Å². The van der Waals surface area contributed by atoms with Crippen molar-refractivity contribution in [3.63, 3.8) is 0 Å². The Hall–Kier alpha value is -1.21. The Bertz CT molecular complexity index is 408. The van der Waals surface area contributed by atoms with E-state index in [0.717, 1.165) is 12.1 Å². The van der Waals surface area contributed by atoms with Gasteiger partial charge in [0, 0.05) is 6.04 Å². The summed E-state index contributed by atoms with van der Waals surface area (Å²) < 4.78 is 65.9. The Kier molecular flexibility index (Phi) is 5.68. The molecule has 1 atom stereocenters. The Morgan fingerprint density at radius 3 is 2.42 bits per heavy atom. The molecule has 1 aromatic rings. The molecule has 0 aliphatic rings. The topological polar surface area (TPSA) is 21.3 Å². The van der Waals surface area contributed by atoms with E-state index in [4.69, 9.17) is 0 Å². The van der Waals surface area contributed by atoms with Crippen molar-refractivity contribution in [2.45, 2.75) is 18.6 Å². The summed E-state index contributed by atoms with van der Waals surface area (Å²) in [4.78, 5) is 0. The van der Waals surface area contributed by atoms with Crippen LogP contribution in [0.2, 0.25) is 0 Å². The summed E-state index contributed by atoms with van der Waals surface area (Å²) in [5.74, 6) is -1.94. The number of alkyl halides is 3. The van der Waals surface area contributed by atoms with Gasteiger partial charge in [-0.05, 0) is 31.2 Å². The summed E-state index contributed by atoms with van der Waals surface area (Å²) in [5, 5.41) is 2.76. The highest BCUT2D eigenvalue weighted by atomic mass is 19.4. The molecule has 0 heterocycles.